The molecular weight excluding hydrogens is 409 g/mol. The van der Waals surface area contributed by atoms with Gasteiger partial charge in [-0.15, -0.1) is 0 Å². The first kappa shape index (κ1) is 20.7. The van der Waals surface area contributed by atoms with E-state index in [-0.39, 0.29) is 17.8 Å². The van der Waals surface area contributed by atoms with E-state index in [2.05, 4.69) is 57.7 Å². The van der Waals surface area contributed by atoms with E-state index in [9.17, 15) is 0 Å². The molecule has 1 aliphatic rings. The highest BCUT2D eigenvalue weighted by Crippen LogP contribution is 2.40. The number of ether oxygens (including phenoxy) is 1. The summed E-state index contributed by atoms with van der Waals surface area (Å²) in [4.78, 5) is 16.5. The van der Waals surface area contributed by atoms with Gasteiger partial charge in [-0.1, -0.05) is 13.8 Å². The zero-order valence-electron chi connectivity index (χ0n) is 19.1. The van der Waals surface area contributed by atoms with Gasteiger partial charge in [0.05, 0.1) is 24.5 Å². The van der Waals surface area contributed by atoms with Gasteiger partial charge >= 0.3 is 0 Å². The van der Waals surface area contributed by atoms with E-state index in [1.807, 2.05) is 12.3 Å². The Morgan fingerprint density at radius 1 is 1.25 bits per heavy atom. The summed E-state index contributed by atoms with van der Waals surface area (Å²) in [6, 6.07) is 2.10. The van der Waals surface area contributed by atoms with E-state index in [0.29, 0.717) is 28.1 Å². The molecule has 5 heterocycles. The van der Waals surface area contributed by atoms with Gasteiger partial charge in [-0.25, -0.2) is 18.9 Å². The number of halogens is 1. The van der Waals surface area contributed by atoms with Crippen molar-refractivity contribution in [2.24, 2.45) is 0 Å². The van der Waals surface area contributed by atoms with Gasteiger partial charge < -0.3 is 19.5 Å². The first-order chi connectivity index (χ1) is 15.4. The van der Waals surface area contributed by atoms with Gasteiger partial charge in [0.2, 0.25) is 0 Å². The summed E-state index contributed by atoms with van der Waals surface area (Å²) in [5.41, 5.74) is 3.94. The molecule has 0 bridgehead atoms. The number of rotatable bonds is 4. The third-order valence-electron chi connectivity index (χ3n) is 6.33. The summed E-state index contributed by atoms with van der Waals surface area (Å²) in [6.07, 6.45) is 5.12. The number of pyridine rings is 2. The minimum atomic E-state index is -0.265. The molecule has 9 heteroatoms. The Morgan fingerprint density at radius 3 is 2.78 bits per heavy atom. The van der Waals surface area contributed by atoms with Crippen LogP contribution in [0.2, 0.25) is 0 Å². The van der Waals surface area contributed by atoms with Crippen molar-refractivity contribution in [3.63, 3.8) is 0 Å². The zero-order valence-corrected chi connectivity index (χ0v) is 19.1. The molecule has 0 aliphatic carbocycles. The number of nitrogens with one attached hydrogen (secondary N) is 1. The molecule has 0 unspecified atom stereocenters. The fraction of sp³-hybridized carbons (Fsp3) is 0.435. The molecule has 1 saturated heterocycles. The molecule has 0 aromatic carbocycles. The Kier molecular flexibility index (Phi) is 5.00. The van der Waals surface area contributed by atoms with Gasteiger partial charge in [-0.2, -0.15) is 5.10 Å². The smallest absolute Gasteiger partial charge is 0.197 e. The number of H-pyrrole nitrogens is 1. The minimum absolute atomic E-state index is 0.0888. The van der Waals surface area contributed by atoms with Crippen molar-refractivity contribution in [3.05, 3.63) is 36.2 Å². The van der Waals surface area contributed by atoms with Crippen molar-refractivity contribution < 1.29 is 9.13 Å². The molecule has 5 rings (SSSR count). The molecular formula is C23H28FN7O. The van der Waals surface area contributed by atoms with Crippen molar-refractivity contribution in [1.29, 1.82) is 0 Å². The van der Waals surface area contributed by atoms with E-state index in [4.69, 9.17) is 4.74 Å². The highest BCUT2D eigenvalue weighted by Gasteiger charge is 2.28. The summed E-state index contributed by atoms with van der Waals surface area (Å²) >= 11 is 0. The Morgan fingerprint density at radius 2 is 2.06 bits per heavy atom. The summed E-state index contributed by atoms with van der Waals surface area (Å²) in [5.74, 6) is 0.860. The first-order valence-corrected chi connectivity index (χ1v) is 10.9. The largest absolute Gasteiger partial charge is 0.493 e. The molecule has 0 amide bonds. The molecule has 4 aromatic rings. The summed E-state index contributed by atoms with van der Waals surface area (Å²) < 4.78 is 23.2. The predicted octanol–water partition coefficient (Wildman–Crippen LogP) is 3.68. The number of nitrogens with zero attached hydrogens (tertiary/aromatic N) is 6. The summed E-state index contributed by atoms with van der Waals surface area (Å²) in [5, 5.41) is 4.86. The van der Waals surface area contributed by atoms with Crippen LogP contribution in [0.1, 0.15) is 32.3 Å². The molecule has 1 fully saturated rings. The van der Waals surface area contributed by atoms with E-state index in [0.717, 1.165) is 36.5 Å². The number of anilines is 1. The number of methoxy groups -OCH3 is 1. The molecule has 0 saturated carbocycles. The molecule has 8 nitrogen and oxygen atoms in total. The number of hydrogen-bond acceptors (Lipinski definition) is 6. The van der Waals surface area contributed by atoms with Gasteiger partial charge in [0.25, 0.3) is 0 Å². The van der Waals surface area contributed by atoms with Crippen LogP contribution in [-0.2, 0) is 0 Å². The predicted molar refractivity (Wildman–Crippen MR) is 123 cm³/mol. The van der Waals surface area contributed by atoms with Crippen LogP contribution in [0, 0.1) is 5.82 Å². The zero-order chi connectivity index (χ0) is 22.6. The second kappa shape index (κ2) is 7.74. The van der Waals surface area contributed by atoms with Crippen molar-refractivity contribution in [2.45, 2.75) is 32.7 Å². The molecule has 0 radical (unpaired) electrons. The molecule has 168 valence electrons. The monoisotopic (exact) mass is 437 g/mol. The quantitative estimate of drug-likeness (QED) is 0.525. The SMILES string of the molecule is COc1cc(-c2[nH]c3cnc(N4CCN(C)C[C@H]4C)c(F)c3c2C(C)C)cn2ncnc12. The van der Waals surface area contributed by atoms with Crippen LogP contribution in [0.15, 0.2) is 24.8 Å². The Balaban J connectivity index is 1.70. The molecule has 32 heavy (non-hydrogen) atoms. The van der Waals surface area contributed by atoms with Crippen molar-refractivity contribution in [3.8, 4) is 17.0 Å². The second-order valence-electron chi connectivity index (χ2n) is 8.88. The van der Waals surface area contributed by atoms with Crippen LogP contribution in [-0.4, -0.2) is 69.3 Å². The van der Waals surface area contributed by atoms with Crippen LogP contribution in [0.5, 0.6) is 5.75 Å². The van der Waals surface area contributed by atoms with Crippen LogP contribution in [0.3, 0.4) is 0 Å². The number of piperazine rings is 1. The highest BCUT2D eigenvalue weighted by atomic mass is 19.1. The first-order valence-electron chi connectivity index (χ1n) is 10.9. The molecule has 1 aliphatic heterocycles. The number of aromatic amines is 1. The average Bonchev–Trinajstić information content (AvgIpc) is 3.39. The standard InChI is InChI=1S/C23H28FN7O/c1-13(2)18-19-16(9-25-23(20(19)24)30-7-6-29(4)10-14(30)3)28-21(18)15-8-17(32-5)22-26-12-27-31(22)11-15/h8-9,11-14,28H,6-7,10H2,1-5H3/t14-/m1/s1. The number of hydrogen-bond donors (Lipinski definition) is 1. The fourth-order valence-electron chi connectivity index (χ4n) is 4.80. The van der Waals surface area contributed by atoms with Gasteiger partial charge in [-0.3, -0.25) is 0 Å². The van der Waals surface area contributed by atoms with E-state index >= 15 is 4.39 Å². The van der Waals surface area contributed by atoms with Crippen LogP contribution < -0.4 is 9.64 Å². The minimum Gasteiger partial charge on any atom is -0.493 e. The van der Waals surface area contributed by atoms with Crippen LogP contribution in [0.25, 0.3) is 27.8 Å². The summed E-state index contributed by atoms with van der Waals surface area (Å²) in [7, 11) is 3.70. The number of fused-ring (bicyclic) bond motifs is 2. The number of likely N-dealkylation sites (N-methyl/N-ethyl adjacent to an activating group) is 1. The third kappa shape index (κ3) is 3.19. The Hall–Kier alpha value is -3.20. The maximum Gasteiger partial charge on any atom is 0.197 e. The van der Waals surface area contributed by atoms with E-state index < -0.39 is 0 Å². The Bertz CT molecular complexity index is 1290. The van der Waals surface area contributed by atoms with Crippen molar-refractivity contribution >= 4 is 22.4 Å². The third-order valence-corrected chi connectivity index (χ3v) is 6.33. The lowest BCUT2D eigenvalue weighted by Gasteiger charge is -2.39. The van der Waals surface area contributed by atoms with Crippen LogP contribution >= 0.6 is 0 Å². The number of aromatic nitrogens is 5. The second-order valence-corrected chi connectivity index (χ2v) is 8.88. The molecule has 1 N–H and O–H groups in total. The van der Waals surface area contributed by atoms with E-state index in [1.165, 1.54) is 6.33 Å². The summed E-state index contributed by atoms with van der Waals surface area (Å²) in [6.45, 7) is 8.79. The highest BCUT2D eigenvalue weighted by molar-refractivity contribution is 5.93. The topological polar surface area (TPSA) is 74.6 Å². The van der Waals surface area contributed by atoms with Crippen molar-refractivity contribution in [1.82, 2.24) is 29.5 Å². The van der Waals surface area contributed by atoms with Crippen molar-refractivity contribution in [2.75, 3.05) is 38.7 Å². The normalized spacial score (nSPS) is 17.7. The molecule has 0 spiro atoms. The van der Waals surface area contributed by atoms with Gasteiger partial charge in [-0.05, 0) is 31.5 Å². The Labute approximate surface area is 186 Å². The van der Waals surface area contributed by atoms with Gasteiger partial charge in [0, 0.05) is 42.8 Å². The lowest BCUT2D eigenvalue weighted by atomic mass is 9.96. The van der Waals surface area contributed by atoms with Gasteiger partial charge in [0.15, 0.2) is 23.0 Å². The maximum absolute atomic E-state index is 16.0. The fourth-order valence-corrected chi connectivity index (χ4v) is 4.80. The lowest BCUT2D eigenvalue weighted by Crippen LogP contribution is -2.51. The maximum atomic E-state index is 16.0. The molecule has 1 atom stereocenters. The van der Waals surface area contributed by atoms with Gasteiger partial charge in [0.1, 0.15) is 6.33 Å². The average molecular weight is 438 g/mol. The molecule has 4 aromatic heterocycles. The lowest BCUT2D eigenvalue weighted by molar-refractivity contribution is 0.273. The van der Waals surface area contributed by atoms with E-state index in [1.54, 1.807) is 17.8 Å². The van der Waals surface area contributed by atoms with Crippen LogP contribution in [0.4, 0.5) is 10.2 Å².